The van der Waals surface area contributed by atoms with Crippen LogP contribution in [0.5, 0.6) is 5.75 Å². The van der Waals surface area contributed by atoms with Crippen molar-refractivity contribution >= 4 is 69.8 Å². The number of aryl methyl sites for hydroxylation is 1. The van der Waals surface area contributed by atoms with Crippen LogP contribution in [0.2, 0.25) is 15.1 Å². The predicted octanol–water partition coefficient (Wildman–Crippen LogP) is 8.03. The number of aromatic hydroxyl groups is 1. The van der Waals surface area contributed by atoms with Crippen LogP contribution >= 0.6 is 34.8 Å². The van der Waals surface area contributed by atoms with Crippen LogP contribution in [0.1, 0.15) is 35.4 Å². The Morgan fingerprint density at radius 3 is 2.20 bits per heavy atom. The number of rotatable bonds is 4. The van der Waals surface area contributed by atoms with Gasteiger partial charge in [-0.2, -0.15) is 0 Å². The highest BCUT2D eigenvalue weighted by Crippen LogP contribution is 2.65. The first-order valence-electron chi connectivity index (χ1n) is 16.1. The largest absolute Gasteiger partial charge is 0.508 e. The van der Waals surface area contributed by atoms with Crippen LogP contribution in [-0.4, -0.2) is 28.7 Å². The Bertz CT molecular complexity index is 2130. The summed E-state index contributed by atoms with van der Waals surface area (Å²) in [6.45, 7) is 1.85. The second-order valence-electron chi connectivity index (χ2n) is 13.2. The Morgan fingerprint density at radius 2 is 1.49 bits per heavy atom. The Hall–Kier alpha value is -4.43. The lowest BCUT2D eigenvalue weighted by Gasteiger charge is -2.51. The number of carbonyl (C=O) groups excluding carboxylic acids is 4. The molecule has 6 atom stereocenters. The minimum atomic E-state index is -1.47. The first kappa shape index (κ1) is 31.8. The van der Waals surface area contributed by atoms with Crippen LogP contribution in [0.25, 0.3) is 0 Å². The first-order chi connectivity index (χ1) is 23.5. The Morgan fingerprint density at radius 1 is 0.735 bits per heavy atom. The fourth-order valence-electron chi connectivity index (χ4n) is 8.81. The van der Waals surface area contributed by atoms with Gasteiger partial charge in [0, 0.05) is 21.0 Å². The van der Waals surface area contributed by atoms with Gasteiger partial charge in [-0.3, -0.25) is 19.2 Å². The van der Waals surface area contributed by atoms with Gasteiger partial charge in [-0.1, -0.05) is 95.0 Å². The highest BCUT2D eigenvalue weighted by molar-refractivity contribution is 6.33. The summed E-state index contributed by atoms with van der Waals surface area (Å²) >= 11 is 19.7. The van der Waals surface area contributed by atoms with Crippen LogP contribution in [0.4, 0.5) is 11.4 Å². The molecule has 3 fully saturated rings. The van der Waals surface area contributed by atoms with E-state index >= 15 is 4.79 Å². The lowest BCUT2D eigenvalue weighted by Crippen LogP contribution is -2.53. The molecule has 4 aliphatic rings. The highest BCUT2D eigenvalue weighted by Gasteiger charge is 2.70. The van der Waals surface area contributed by atoms with Crippen LogP contribution in [-0.2, 0) is 24.6 Å². The number of amides is 4. The van der Waals surface area contributed by atoms with E-state index in [2.05, 4.69) is 0 Å². The smallest absolute Gasteiger partial charge is 0.246 e. The quantitative estimate of drug-likeness (QED) is 0.171. The van der Waals surface area contributed by atoms with Crippen molar-refractivity contribution in [1.29, 1.82) is 0 Å². The fourth-order valence-corrected chi connectivity index (χ4v) is 9.46. The summed E-state index contributed by atoms with van der Waals surface area (Å²) < 4.78 is 0. The van der Waals surface area contributed by atoms with E-state index in [0.29, 0.717) is 32.5 Å². The monoisotopic (exact) mass is 710 g/mol. The summed E-state index contributed by atoms with van der Waals surface area (Å²) in [7, 11) is 0. The molecule has 4 aromatic rings. The van der Waals surface area contributed by atoms with Gasteiger partial charge >= 0.3 is 0 Å². The molecule has 7 nitrogen and oxygen atoms in total. The molecule has 0 bridgehead atoms. The van der Waals surface area contributed by atoms with Crippen molar-refractivity contribution in [2.75, 3.05) is 9.80 Å². The minimum Gasteiger partial charge on any atom is -0.508 e. The van der Waals surface area contributed by atoms with Crippen molar-refractivity contribution in [2.45, 2.75) is 31.1 Å². The van der Waals surface area contributed by atoms with Crippen LogP contribution in [0, 0.1) is 30.6 Å². The normalized spacial score (nSPS) is 27.6. The van der Waals surface area contributed by atoms with Crippen molar-refractivity contribution in [3.05, 3.63) is 134 Å². The van der Waals surface area contributed by atoms with E-state index in [-0.39, 0.29) is 35.4 Å². The molecule has 2 aliphatic heterocycles. The van der Waals surface area contributed by atoms with Crippen LogP contribution in [0.15, 0.2) is 103 Å². The summed E-state index contributed by atoms with van der Waals surface area (Å²) in [4.78, 5) is 61.0. The highest BCUT2D eigenvalue weighted by atomic mass is 35.5. The van der Waals surface area contributed by atoms with Gasteiger partial charge in [-0.15, -0.1) is 0 Å². The van der Waals surface area contributed by atoms with Crippen molar-refractivity contribution in [2.24, 2.45) is 23.7 Å². The number of allylic oxidation sites excluding steroid dienone is 2. The summed E-state index contributed by atoms with van der Waals surface area (Å²) in [6, 6.07) is 25.5. The number of benzene rings is 4. The molecule has 0 aromatic heterocycles. The Kier molecular flexibility index (Phi) is 7.52. The van der Waals surface area contributed by atoms with Crippen molar-refractivity contribution in [1.82, 2.24) is 0 Å². The second kappa shape index (κ2) is 11.6. The topological polar surface area (TPSA) is 95.0 Å². The second-order valence-corrected chi connectivity index (χ2v) is 14.5. The summed E-state index contributed by atoms with van der Waals surface area (Å²) in [5.74, 6) is -5.32. The number of halogens is 3. The first-order valence-corrected chi connectivity index (χ1v) is 17.2. The SMILES string of the molecule is Cc1ccc(N2C(=O)[C@H]3[C@H](CC=C4[C@H]3C[C@H]3C(=O)N(c5cccc(Cl)c5)C(=O)[C@@]3(c3ccccc3)[C@H]4c3ccc(O)cc3Cl)C2=O)cc1Cl. The third kappa shape index (κ3) is 4.55. The molecule has 1 N–H and O–H groups in total. The summed E-state index contributed by atoms with van der Waals surface area (Å²) in [5, 5.41) is 11.4. The zero-order valence-electron chi connectivity index (χ0n) is 26.1. The zero-order chi connectivity index (χ0) is 34.4. The number of fused-ring (bicyclic) bond motifs is 4. The van der Waals surface area contributed by atoms with E-state index < -0.39 is 46.8 Å². The fraction of sp³-hybridized carbons (Fsp3) is 0.231. The molecule has 0 radical (unpaired) electrons. The van der Waals surface area contributed by atoms with Crippen LogP contribution < -0.4 is 9.80 Å². The molecule has 0 spiro atoms. The van der Waals surface area contributed by atoms with E-state index in [9.17, 15) is 19.5 Å². The third-order valence-corrected chi connectivity index (χ3v) is 11.8. The summed E-state index contributed by atoms with van der Waals surface area (Å²) in [6.07, 6.45) is 2.38. The molecule has 2 heterocycles. The van der Waals surface area contributed by atoms with Gasteiger partial charge < -0.3 is 5.11 Å². The van der Waals surface area contributed by atoms with E-state index in [1.807, 2.05) is 43.3 Å². The molecule has 246 valence electrons. The Labute approximate surface area is 297 Å². The molecule has 1 saturated carbocycles. The van der Waals surface area contributed by atoms with Gasteiger partial charge in [0.2, 0.25) is 23.6 Å². The van der Waals surface area contributed by atoms with Crippen molar-refractivity contribution in [3.8, 4) is 5.75 Å². The van der Waals surface area contributed by atoms with E-state index in [1.165, 1.54) is 21.9 Å². The molecule has 4 amide bonds. The van der Waals surface area contributed by atoms with Gasteiger partial charge in [0.05, 0.1) is 34.5 Å². The minimum absolute atomic E-state index is 0.0533. The Balaban J connectivity index is 1.35. The molecular formula is C39H29Cl3N2O5. The molecular weight excluding hydrogens is 683 g/mol. The molecule has 0 unspecified atom stereocenters. The van der Waals surface area contributed by atoms with Gasteiger partial charge in [0.25, 0.3) is 0 Å². The number of imide groups is 2. The number of phenolic OH excluding ortho intramolecular Hbond substituents is 1. The molecule has 10 heteroatoms. The van der Waals surface area contributed by atoms with Gasteiger partial charge in [-0.05, 0) is 84.8 Å². The van der Waals surface area contributed by atoms with E-state index in [1.54, 1.807) is 48.5 Å². The predicted molar refractivity (Wildman–Crippen MR) is 188 cm³/mol. The summed E-state index contributed by atoms with van der Waals surface area (Å²) in [5.41, 5.74) is 2.02. The standard InChI is InChI=1S/C39H29Cl3N2O5/c1-20-10-11-24(17-31(20)41)43-35(46)28-15-14-26-29(33(28)37(43)48)19-30-36(47)44(23-9-5-8-22(40)16-23)38(49)39(30,21-6-3-2-4-7-21)34(26)27-13-12-25(45)18-32(27)42/h2-14,16-18,28-30,33-34,45H,15,19H2,1H3/t28-,29+,30-,33-,34+,39+/m0/s1. The maximum Gasteiger partial charge on any atom is 0.246 e. The number of phenols is 1. The third-order valence-electron chi connectivity index (χ3n) is 10.9. The maximum absolute atomic E-state index is 15.3. The maximum atomic E-state index is 15.3. The van der Waals surface area contributed by atoms with E-state index in [0.717, 1.165) is 11.1 Å². The zero-order valence-corrected chi connectivity index (χ0v) is 28.4. The number of hydrogen-bond donors (Lipinski definition) is 1. The average Bonchev–Trinajstić information content (AvgIpc) is 3.47. The van der Waals surface area contributed by atoms with Crippen LogP contribution in [0.3, 0.4) is 0 Å². The van der Waals surface area contributed by atoms with Gasteiger partial charge in [-0.25, -0.2) is 9.80 Å². The average molecular weight is 712 g/mol. The molecule has 49 heavy (non-hydrogen) atoms. The van der Waals surface area contributed by atoms with E-state index in [4.69, 9.17) is 34.8 Å². The molecule has 4 aromatic carbocycles. The number of nitrogens with zero attached hydrogens (tertiary/aromatic N) is 2. The van der Waals surface area contributed by atoms with Gasteiger partial charge in [0.1, 0.15) is 5.75 Å². The molecule has 2 aliphatic carbocycles. The lowest BCUT2D eigenvalue weighted by atomic mass is 9.49. The molecule has 2 saturated heterocycles. The van der Waals surface area contributed by atoms with Crippen molar-refractivity contribution < 1.29 is 24.3 Å². The molecule has 8 rings (SSSR count). The number of carbonyl (C=O) groups is 4. The number of anilines is 2. The van der Waals surface area contributed by atoms with Gasteiger partial charge in [0.15, 0.2) is 0 Å². The van der Waals surface area contributed by atoms with Crippen molar-refractivity contribution in [3.63, 3.8) is 0 Å². The lowest BCUT2D eigenvalue weighted by molar-refractivity contribution is -0.127. The number of hydrogen-bond acceptors (Lipinski definition) is 5.